The van der Waals surface area contributed by atoms with Crippen molar-refractivity contribution >= 4 is 23.4 Å². The number of ether oxygens (including phenoxy) is 2. The normalized spacial score (nSPS) is 32.1. The molecule has 3 amide bonds. The number of carbonyl (C=O) groups excluding carboxylic acids is 3. The molecule has 2 N–H and O–H groups in total. The lowest BCUT2D eigenvalue weighted by molar-refractivity contribution is -0.141. The third kappa shape index (κ3) is 3.68. The van der Waals surface area contributed by atoms with Gasteiger partial charge in [0.15, 0.2) is 0 Å². The molecule has 182 valence electrons. The number of hydrogen-bond acceptors (Lipinski definition) is 5. The highest BCUT2D eigenvalue weighted by atomic mass is 16.5. The van der Waals surface area contributed by atoms with Crippen molar-refractivity contribution in [1.29, 1.82) is 0 Å². The molecule has 3 aliphatic heterocycles. The van der Waals surface area contributed by atoms with Crippen LogP contribution in [0.5, 0.6) is 5.75 Å². The molecule has 1 aliphatic carbocycles. The van der Waals surface area contributed by atoms with Crippen LogP contribution < -0.4 is 15.4 Å². The van der Waals surface area contributed by atoms with E-state index in [0.29, 0.717) is 18.0 Å². The van der Waals surface area contributed by atoms with Gasteiger partial charge in [0.25, 0.3) is 0 Å². The van der Waals surface area contributed by atoms with Gasteiger partial charge in [-0.25, -0.2) is 0 Å². The molecule has 0 radical (unpaired) electrons. The summed E-state index contributed by atoms with van der Waals surface area (Å²) in [4.78, 5) is 42.3. The maximum absolute atomic E-state index is 13.7. The molecule has 1 aromatic rings. The fourth-order valence-corrected chi connectivity index (χ4v) is 6.20. The number of amides is 3. The second kappa shape index (κ2) is 9.06. The van der Waals surface area contributed by atoms with Crippen molar-refractivity contribution in [3.05, 3.63) is 36.4 Å². The van der Waals surface area contributed by atoms with Crippen LogP contribution >= 0.6 is 0 Å². The summed E-state index contributed by atoms with van der Waals surface area (Å²) in [5, 5.41) is 6.12. The monoisotopic (exact) mass is 467 g/mol. The first kappa shape index (κ1) is 22.9. The molecular formula is C26H33N3O5. The van der Waals surface area contributed by atoms with Crippen molar-refractivity contribution in [2.75, 3.05) is 19.0 Å². The number of benzene rings is 1. The highest BCUT2D eigenvalue weighted by Gasteiger charge is 2.72. The molecule has 0 aromatic heterocycles. The lowest BCUT2D eigenvalue weighted by Crippen LogP contribution is -2.56. The molecule has 3 fully saturated rings. The number of rotatable bonds is 7. The van der Waals surface area contributed by atoms with Gasteiger partial charge in [0.1, 0.15) is 17.4 Å². The summed E-state index contributed by atoms with van der Waals surface area (Å²) in [6.45, 7) is 2.43. The molecular weight excluding hydrogens is 434 g/mol. The topological polar surface area (TPSA) is 97.0 Å². The first-order valence-corrected chi connectivity index (χ1v) is 12.4. The smallest absolute Gasteiger partial charge is 0.246 e. The second-order valence-electron chi connectivity index (χ2n) is 9.80. The number of fused-ring (bicyclic) bond motifs is 1. The van der Waals surface area contributed by atoms with Crippen molar-refractivity contribution in [3.63, 3.8) is 0 Å². The van der Waals surface area contributed by atoms with Crippen LogP contribution in [0.25, 0.3) is 0 Å². The summed E-state index contributed by atoms with van der Waals surface area (Å²) < 4.78 is 11.6. The number of nitrogens with one attached hydrogen (secondary N) is 2. The minimum absolute atomic E-state index is 0.130. The molecule has 2 bridgehead atoms. The van der Waals surface area contributed by atoms with Gasteiger partial charge in [0.2, 0.25) is 17.7 Å². The summed E-state index contributed by atoms with van der Waals surface area (Å²) in [5.41, 5.74) is -0.515. The van der Waals surface area contributed by atoms with Gasteiger partial charge in [-0.15, -0.1) is 0 Å². The molecule has 3 heterocycles. The zero-order valence-electron chi connectivity index (χ0n) is 19.8. The standard InChI is InChI=1S/C26H33N3O5/c1-3-14-29-22(24(31)27-16-8-5-4-6-9-16)26-13-12-19(34-26)20(21(26)25(29)32)23(30)28-17-10-7-11-18(15-17)33-2/h7,10-13,15-16,19-22H,3-6,8-9,14H2,1-2H3,(H,27,31)(H,28,30)/t19-,20+,21-,22-,26+/m1/s1. The predicted molar refractivity (Wildman–Crippen MR) is 126 cm³/mol. The van der Waals surface area contributed by atoms with Crippen molar-refractivity contribution in [2.24, 2.45) is 11.8 Å². The number of hydrogen-bond donors (Lipinski definition) is 2. The molecule has 0 unspecified atom stereocenters. The zero-order chi connectivity index (χ0) is 23.9. The van der Waals surface area contributed by atoms with Crippen LogP contribution in [-0.4, -0.2) is 60.1 Å². The number of anilines is 1. The highest BCUT2D eigenvalue weighted by molar-refractivity contribution is 6.02. The first-order chi connectivity index (χ1) is 16.5. The zero-order valence-corrected chi connectivity index (χ0v) is 19.8. The number of carbonyl (C=O) groups is 3. The Labute approximate surface area is 200 Å². The number of likely N-dealkylation sites (tertiary alicyclic amines) is 1. The third-order valence-electron chi connectivity index (χ3n) is 7.68. The van der Waals surface area contributed by atoms with E-state index in [1.54, 1.807) is 36.3 Å². The molecule has 2 saturated heterocycles. The van der Waals surface area contributed by atoms with Crippen molar-refractivity contribution in [2.45, 2.75) is 69.2 Å². The van der Waals surface area contributed by atoms with E-state index in [9.17, 15) is 14.4 Å². The van der Waals surface area contributed by atoms with Gasteiger partial charge in [-0.2, -0.15) is 0 Å². The quantitative estimate of drug-likeness (QED) is 0.601. The van der Waals surface area contributed by atoms with Crippen LogP contribution in [-0.2, 0) is 19.1 Å². The van der Waals surface area contributed by atoms with E-state index in [1.165, 1.54) is 6.42 Å². The van der Waals surface area contributed by atoms with Crippen LogP contribution in [0.3, 0.4) is 0 Å². The van der Waals surface area contributed by atoms with Crippen LogP contribution in [0.4, 0.5) is 5.69 Å². The van der Waals surface area contributed by atoms with E-state index in [-0.39, 0.29) is 23.8 Å². The van der Waals surface area contributed by atoms with Crippen molar-refractivity contribution < 1.29 is 23.9 Å². The average Bonchev–Trinajstić information content (AvgIpc) is 3.48. The molecule has 1 saturated carbocycles. The van der Waals surface area contributed by atoms with E-state index in [0.717, 1.165) is 32.1 Å². The van der Waals surface area contributed by atoms with Crippen molar-refractivity contribution in [3.8, 4) is 5.75 Å². The summed E-state index contributed by atoms with van der Waals surface area (Å²) in [6, 6.07) is 6.47. The molecule has 34 heavy (non-hydrogen) atoms. The molecule has 1 spiro atoms. The molecule has 1 aromatic carbocycles. The summed E-state index contributed by atoms with van der Waals surface area (Å²) in [6.07, 6.45) is 9.20. The predicted octanol–water partition coefficient (Wildman–Crippen LogP) is 2.64. The largest absolute Gasteiger partial charge is 0.497 e. The fourth-order valence-electron chi connectivity index (χ4n) is 6.20. The van der Waals surface area contributed by atoms with Gasteiger partial charge >= 0.3 is 0 Å². The Morgan fingerprint density at radius 3 is 2.74 bits per heavy atom. The Hall–Kier alpha value is -2.87. The minimum atomic E-state index is -1.11. The Balaban J connectivity index is 1.41. The average molecular weight is 468 g/mol. The Bertz CT molecular complexity index is 1000. The Morgan fingerprint density at radius 1 is 1.21 bits per heavy atom. The number of methoxy groups -OCH3 is 1. The Morgan fingerprint density at radius 2 is 2.00 bits per heavy atom. The van der Waals surface area contributed by atoms with Gasteiger partial charge < -0.3 is 25.0 Å². The first-order valence-electron chi connectivity index (χ1n) is 12.4. The maximum Gasteiger partial charge on any atom is 0.246 e. The highest BCUT2D eigenvalue weighted by Crippen LogP contribution is 2.55. The van der Waals surface area contributed by atoms with Gasteiger partial charge in [-0.1, -0.05) is 44.4 Å². The molecule has 8 heteroatoms. The van der Waals surface area contributed by atoms with E-state index >= 15 is 0 Å². The minimum Gasteiger partial charge on any atom is -0.497 e. The van der Waals surface area contributed by atoms with Gasteiger partial charge in [0.05, 0.1) is 25.0 Å². The molecule has 5 rings (SSSR count). The van der Waals surface area contributed by atoms with Crippen LogP contribution in [0.2, 0.25) is 0 Å². The summed E-state index contributed by atoms with van der Waals surface area (Å²) in [7, 11) is 1.57. The number of nitrogens with zero attached hydrogens (tertiary/aromatic N) is 1. The summed E-state index contributed by atoms with van der Waals surface area (Å²) in [5.74, 6) is -1.42. The van der Waals surface area contributed by atoms with E-state index in [1.807, 2.05) is 19.1 Å². The van der Waals surface area contributed by atoms with Gasteiger partial charge in [0, 0.05) is 24.3 Å². The maximum atomic E-state index is 13.7. The van der Waals surface area contributed by atoms with Crippen LogP contribution in [0.15, 0.2) is 36.4 Å². The molecule has 5 atom stereocenters. The third-order valence-corrected chi connectivity index (χ3v) is 7.68. The molecule has 8 nitrogen and oxygen atoms in total. The summed E-state index contributed by atoms with van der Waals surface area (Å²) >= 11 is 0. The lowest BCUT2D eigenvalue weighted by atomic mass is 9.74. The van der Waals surface area contributed by atoms with Crippen LogP contribution in [0.1, 0.15) is 45.4 Å². The SMILES string of the molecule is CCCN1C(=O)[C@H]2[C@@H](C(=O)Nc3cccc(OC)c3)[C@H]3C=C[C@@]2(O3)[C@H]1C(=O)NC1CCCCC1. The van der Waals surface area contributed by atoms with E-state index in [2.05, 4.69) is 10.6 Å². The fraction of sp³-hybridized carbons (Fsp3) is 0.577. The van der Waals surface area contributed by atoms with Crippen LogP contribution in [0, 0.1) is 11.8 Å². The second-order valence-corrected chi connectivity index (χ2v) is 9.80. The van der Waals surface area contributed by atoms with Gasteiger partial charge in [-0.05, 0) is 31.4 Å². The van der Waals surface area contributed by atoms with E-state index in [4.69, 9.17) is 9.47 Å². The lowest BCUT2D eigenvalue weighted by Gasteiger charge is -2.34. The van der Waals surface area contributed by atoms with Crippen molar-refractivity contribution in [1.82, 2.24) is 10.2 Å². The van der Waals surface area contributed by atoms with E-state index < -0.39 is 29.6 Å². The Kier molecular flexibility index (Phi) is 6.10. The molecule has 4 aliphatic rings. The van der Waals surface area contributed by atoms with Gasteiger partial charge in [-0.3, -0.25) is 14.4 Å².